The summed E-state index contributed by atoms with van der Waals surface area (Å²) < 4.78 is 0. The Balaban J connectivity index is 1.93. The first kappa shape index (κ1) is 13.3. The molecule has 0 fully saturated rings. The highest BCUT2D eigenvalue weighted by Gasteiger charge is 2.26. The Labute approximate surface area is 120 Å². The SMILES string of the molecule is CCNCc1cc(C)nc(C2CCc3ccccc32)n1. The monoisotopic (exact) mass is 267 g/mol. The smallest absolute Gasteiger partial charge is 0.136 e. The van der Waals surface area contributed by atoms with Crippen molar-refractivity contribution >= 4 is 0 Å². The van der Waals surface area contributed by atoms with Crippen LogP contribution in [0.25, 0.3) is 0 Å². The first-order chi connectivity index (χ1) is 9.78. The van der Waals surface area contributed by atoms with Crippen LogP contribution < -0.4 is 5.32 Å². The van der Waals surface area contributed by atoms with Crippen LogP contribution in [0.4, 0.5) is 0 Å². The summed E-state index contributed by atoms with van der Waals surface area (Å²) in [5, 5.41) is 3.34. The van der Waals surface area contributed by atoms with Crippen molar-refractivity contribution in [2.75, 3.05) is 6.54 Å². The number of hydrogen-bond donors (Lipinski definition) is 1. The summed E-state index contributed by atoms with van der Waals surface area (Å²) >= 11 is 0. The minimum atomic E-state index is 0.367. The topological polar surface area (TPSA) is 37.8 Å². The quantitative estimate of drug-likeness (QED) is 0.925. The highest BCUT2D eigenvalue weighted by molar-refractivity contribution is 5.38. The van der Waals surface area contributed by atoms with Crippen molar-refractivity contribution in [1.82, 2.24) is 15.3 Å². The van der Waals surface area contributed by atoms with Gasteiger partial charge in [-0.05, 0) is 43.5 Å². The fraction of sp³-hybridized carbons (Fsp3) is 0.412. The molecular formula is C17H21N3. The summed E-state index contributed by atoms with van der Waals surface area (Å²) in [4.78, 5) is 9.46. The molecule has 1 atom stereocenters. The standard InChI is InChI=1S/C17H21N3/c1-3-18-11-14-10-12(2)19-17(20-14)16-9-8-13-6-4-5-7-15(13)16/h4-7,10,16,18H,3,8-9,11H2,1-2H3. The third-order valence-corrected chi connectivity index (χ3v) is 3.93. The van der Waals surface area contributed by atoms with E-state index >= 15 is 0 Å². The lowest BCUT2D eigenvalue weighted by atomic mass is 10.0. The molecule has 1 aliphatic rings. The highest BCUT2D eigenvalue weighted by atomic mass is 14.9. The largest absolute Gasteiger partial charge is 0.311 e. The fourth-order valence-electron chi connectivity index (χ4n) is 2.98. The van der Waals surface area contributed by atoms with Crippen LogP contribution in [-0.4, -0.2) is 16.5 Å². The number of aryl methyl sites for hydroxylation is 2. The molecule has 0 saturated carbocycles. The van der Waals surface area contributed by atoms with Gasteiger partial charge in [-0.15, -0.1) is 0 Å². The Kier molecular flexibility index (Phi) is 3.79. The molecule has 0 radical (unpaired) electrons. The molecule has 104 valence electrons. The molecular weight excluding hydrogens is 246 g/mol. The van der Waals surface area contributed by atoms with E-state index in [0.29, 0.717) is 5.92 Å². The minimum Gasteiger partial charge on any atom is -0.311 e. The molecule has 0 amide bonds. The second-order valence-electron chi connectivity index (χ2n) is 5.43. The van der Waals surface area contributed by atoms with Crippen LogP contribution in [0.15, 0.2) is 30.3 Å². The van der Waals surface area contributed by atoms with Crippen LogP contribution in [0.1, 0.15) is 47.6 Å². The van der Waals surface area contributed by atoms with Crippen molar-refractivity contribution in [3.8, 4) is 0 Å². The first-order valence-electron chi connectivity index (χ1n) is 7.41. The molecule has 3 rings (SSSR count). The molecule has 0 bridgehead atoms. The number of aromatic nitrogens is 2. The second kappa shape index (κ2) is 5.71. The summed E-state index contributed by atoms with van der Waals surface area (Å²) in [7, 11) is 0. The average molecular weight is 267 g/mol. The predicted molar refractivity (Wildman–Crippen MR) is 80.8 cm³/mol. The Hall–Kier alpha value is -1.74. The molecule has 1 heterocycles. The van der Waals surface area contributed by atoms with Crippen molar-refractivity contribution in [2.45, 2.75) is 39.2 Å². The number of fused-ring (bicyclic) bond motifs is 1. The molecule has 1 N–H and O–H groups in total. The first-order valence-corrected chi connectivity index (χ1v) is 7.41. The number of hydrogen-bond acceptors (Lipinski definition) is 3. The molecule has 0 spiro atoms. The molecule has 1 aromatic carbocycles. The van der Waals surface area contributed by atoms with E-state index in [1.54, 1.807) is 0 Å². The molecule has 0 saturated heterocycles. The van der Waals surface area contributed by atoms with E-state index in [0.717, 1.165) is 43.1 Å². The number of rotatable bonds is 4. The lowest BCUT2D eigenvalue weighted by Crippen LogP contribution is -2.15. The Morgan fingerprint density at radius 1 is 1.25 bits per heavy atom. The Morgan fingerprint density at radius 3 is 2.95 bits per heavy atom. The van der Waals surface area contributed by atoms with Gasteiger partial charge in [-0.1, -0.05) is 31.2 Å². The van der Waals surface area contributed by atoms with Gasteiger partial charge in [-0.25, -0.2) is 9.97 Å². The van der Waals surface area contributed by atoms with Gasteiger partial charge in [0.25, 0.3) is 0 Å². The van der Waals surface area contributed by atoms with E-state index < -0.39 is 0 Å². The summed E-state index contributed by atoms with van der Waals surface area (Å²) in [6.07, 6.45) is 2.27. The maximum Gasteiger partial charge on any atom is 0.136 e. The van der Waals surface area contributed by atoms with Crippen LogP contribution in [0.2, 0.25) is 0 Å². The second-order valence-corrected chi connectivity index (χ2v) is 5.43. The van der Waals surface area contributed by atoms with E-state index in [4.69, 9.17) is 4.98 Å². The lowest BCUT2D eigenvalue weighted by Gasteiger charge is -2.13. The molecule has 20 heavy (non-hydrogen) atoms. The van der Waals surface area contributed by atoms with Gasteiger partial charge in [-0.2, -0.15) is 0 Å². The zero-order valence-corrected chi connectivity index (χ0v) is 12.2. The highest BCUT2D eigenvalue weighted by Crippen LogP contribution is 2.36. The molecule has 1 unspecified atom stereocenters. The summed E-state index contributed by atoms with van der Waals surface area (Å²) in [6, 6.07) is 10.8. The van der Waals surface area contributed by atoms with Gasteiger partial charge in [0, 0.05) is 18.2 Å². The van der Waals surface area contributed by atoms with Crippen LogP contribution in [0.5, 0.6) is 0 Å². The predicted octanol–water partition coefficient (Wildman–Crippen LogP) is 2.97. The van der Waals surface area contributed by atoms with Crippen LogP contribution >= 0.6 is 0 Å². The van der Waals surface area contributed by atoms with E-state index in [9.17, 15) is 0 Å². The number of benzene rings is 1. The van der Waals surface area contributed by atoms with Crippen molar-refractivity contribution < 1.29 is 0 Å². The Bertz CT molecular complexity index is 607. The summed E-state index contributed by atoms with van der Waals surface area (Å²) in [5.41, 5.74) is 5.02. The van der Waals surface area contributed by atoms with Gasteiger partial charge in [0.2, 0.25) is 0 Å². The molecule has 1 aromatic heterocycles. The minimum absolute atomic E-state index is 0.367. The van der Waals surface area contributed by atoms with Crippen LogP contribution in [0, 0.1) is 6.92 Å². The van der Waals surface area contributed by atoms with Gasteiger partial charge in [0.15, 0.2) is 0 Å². The number of nitrogens with zero attached hydrogens (tertiary/aromatic N) is 2. The zero-order chi connectivity index (χ0) is 13.9. The fourth-order valence-corrected chi connectivity index (χ4v) is 2.98. The van der Waals surface area contributed by atoms with Gasteiger partial charge in [0.05, 0.1) is 5.69 Å². The zero-order valence-electron chi connectivity index (χ0n) is 12.2. The maximum atomic E-state index is 4.78. The number of nitrogens with one attached hydrogen (secondary N) is 1. The molecule has 3 heteroatoms. The van der Waals surface area contributed by atoms with Crippen LogP contribution in [-0.2, 0) is 13.0 Å². The molecule has 3 nitrogen and oxygen atoms in total. The molecule has 1 aliphatic carbocycles. The van der Waals surface area contributed by atoms with Gasteiger partial charge in [-0.3, -0.25) is 0 Å². The van der Waals surface area contributed by atoms with Crippen molar-refractivity contribution in [2.24, 2.45) is 0 Å². The van der Waals surface area contributed by atoms with Gasteiger partial charge in [0.1, 0.15) is 5.82 Å². The van der Waals surface area contributed by atoms with Crippen molar-refractivity contribution in [1.29, 1.82) is 0 Å². The molecule has 0 aliphatic heterocycles. The van der Waals surface area contributed by atoms with E-state index in [2.05, 4.69) is 54.5 Å². The summed E-state index contributed by atoms with van der Waals surface area (Å²) in [6.45, 7) is 5.95. The molecule has 2 aromatic rings. The maximum absolute atomic E-state index is 4.78. The average Bonchev–Trinajstić information content (AvgIpc) is 2.88. The normalized spacial score (nSPS) is 17.2. The van der Waals surface area contributed by atoms with Gasteiger partial charge < -0.3 is 5.32 Å². The summed E-state index contributed by atoms with van der Waals surface area (Å²) in [5.74, 6) is 1.36. The van der Waals surface area contributed by atoms with Crippen molar-refractivity contribution in [3.05, 3.63) is 58.7 Å². The van der Waals surface area contributed by atoms with Crippen molar-refractivity contribution in [3.63, 3.8) is 0 Å². The van der Waals surface area contributed by atoms with E-state index in [1.807, 2.05) is 0 Å². The van der Waals surface area contributed by atoms with Gasteiger partial charge >= 0.3 is 0 Å². The lowest BCUT2D eigenvalue weighted by molar-refractivity contribution is 0.674. The van der Waals surface area contributed by atoms with E-state index in [1.165, 1.54) is 11.1 Å². The van der Waals surface area contributed by atoms with E-state index in [-0.39, 0.29) is 0 Å². The van der Waals surface area contributed by atoms with Crippen LogP contribution in [0.3, 0.4) is 0 Å². The Morgan fingerprint density at radius 2 is 2.10 bits per heavy atom. The third kappa shape index (κ3) is 2.59. The third-order valence-electron chi connectivity index (χ3n) is 3.93.